The summed E-state index contributed by atoms with van der Waals surface area (Å²) in [6.45, 7) is 0.192. The molecule has 0 unspecified atom stereocenters. The molecule has 2 N–H and O–H groups in total. The van der Waals surface area contributed by atoms with E-state index in [1.807, 2.05) is 0 Å². The third kappa shape index (κ3) is 3.51. The molecule has 0 bridgehead atoms. The number of halogens is 1. The van der Waals surface area contributed by atoms with E-state index in [4.69, 9.17) is 10.5 Å². The van der Waals surface area contributed by atoms with Crippen molar-refractivity contribution in [3.05, 3.63) is 29.6 Å². The molecule has 88 valence electrons. The van der Waals surface area contributed by atoms with Crippen LogP contribution in [0.5, 0.6) is 5.75 Å². The van der Waals surface area contributed by atoms with Gasteiger partial charge in [-0.3, -0.25) is 0 Å². The predicted molar refractivity (Wildman–Crippen MR) is 56.7 cm³/mol. The van der Waals surface area contributed by atoms with Gasteiger partial charge in [-0.2, -0.15) is 0 Å². The summed E-state index contributed by atoms with van der Waals surface area (Å²) in [7, 11) is 1.27. The number of carbonyl (C=O) groups excluding carboxylic acids is 1. The molecule has 0 saturated carbocycles. The summed E-state index contributed by atoms with van der Waals surface area (Å²) >= 11 is 0. The molecule has 0 radical (unpaired) electrons. The standard InChI is InChI=1S/C11H14FNO3/c1-15-11(14)7-16-10-3-2-9(12)6-8(10)4-5-13/h2-3,6H,4-5,7,13H2,1H3. The molecule has 0 aliphatic heterocycles. The third-order valence-electron chi connectivity index (χ3n) is 2.01. The second-order valence-corrected chi connectivity index (χ2v) is 3.16. The summed E-state index contributed by atoms with van der Waals surface area (Å²) in [5, 5.41) is 0. The van der Waals surface area contributed by atoms with Crippen LogP contribution < -0.4 is 10.5 Å². The molecular formula is C11H14FNO3. The van der Waals surface area contributed by atoms with Crippen LogP contribution in [0.3, 0.4) is 0 Å². The summed E-state index contributed by atoms with van der Waals surface area (Å²) in [5.74, 6) is -0.380. The summed E-state index contributed by atoms with van der Waals surface area (Å²) in [5.41, 5.74) is 6.04. The number of rotatable bonds is 5. The first-order valence-corrected chi connectivity index (χ1v) is 4.85. The van der Waals surface area contributed by atoms with Crippen LogP contribution in [0.15, 0.2) is 18.2 Å². The Morgan fingerprint density at radius 2 is 2.25 bits per heavy atom. The Kier molecular flexibility index (Phi) is 4.72. The second-order valence-electron chi connectivity index (χ2n) is 3.16. The SMILES string of the molecule is COC(=O)COc1ccc(F)cc1CCN. The number of esters is 1. The molecule has 0 atom stereocenters. The van der Waals surface area contributed by atoms with Gasteiger partial charge < -0.3 is 15.2 Å². The highest BCUT2D eigenvalue weighted by molar-refractivity contribution is 5.70. The van der Waals surface area contributed by atoms with Gasteiger partial charge in [0.05, 0.1) is 7.11 Å². The first-order valence-electron chi connectivity index (χ1n) is 4.85. The highest BCUT2D eigenvalue weighted by Crippen LogP contribution is 2.20. The lowest BCUT2D eigenvalue weighted by molar-refractivity contribution is -0.142. The normalized spacial score (nSPS) is 9.94. The van der Waals surface area contributed by atoms with E-state index in [9.17, 15) is 9.18 Å². The van der Waals surface area contributed by atoms with E-state index in [-0.39, 0.29) is 12.4 Å². The molecular weight excluding hydrogens is 213 g/mol. The fraction of sp³-hybridized carbons (Fsp3) is 0.364. The lowest BCUT2D eigenvalue weighted by Crippen LogP contribution is -2.14. The summed E-state index contributed by atoms with van der Waals surface area (Å²) in [6.07, 6.45) is 0.494. The molecule has 0 aliphatic carbocycles. The second kappa shape index (κ2) is 6.07. The first kappa shape index (κ1) is 12.4. The van der Waals surface area contributed by atoms with Crippen LogP contribution in [-0.2, 0) is 16.0 Å². The lowest BCUT2D eigenvalue weighted by atomic mass is 10.1. The van der Waals surface area contributed by atoms with Crippen LogP contribution >= 0.6 is 0 Å². The average molecular weight is 227 g/mol. The maximum atomic E-state index is 12.9. The number of carbonyl (C=O) groups is 1. The Bertz CT molecular complexity index is 368. The Morgan fingerprint density at radius 1 is 1.50 bits per heavy atom. The van der Waals surface area contributed by atoms with Gasteiger partial charge in [0.1, 0.15) is 11.6 Å². The molecule has 0 saturated heterocycles. The quantitative estimate of drug-likeness (QED) is 0.758. The van der Waals surface area contributed by atoms with Gasteiger partial charge in [0.15, 0.2) is 6.61 Å². The van der Waals surface area contributed by atoms with E-state index in [1.165, 1.54) is 25.3 Å². The molecule has 0 amide bonds. The fourth-order valence-corrected chi connectivity index (χ4v) is 1.24. The Labute approximate surface area is 93.2 Å². The van der Waals surface area contributed by atoms with Gasteiger partial charge in [-0.25, -0.2) is 9.18 Å². The lowest BCUT2D eigenvalue weighted by Gasteiger charge is -2.09. The van der Waals surface area contributed by atoms with Crippen LogP contribution in [0, 0.1) is 5.82 Å². The van der Waals surface area contributed by atoms with Gasteiger partial charge in [-0.1, -0.05) is 0 Å². The summed E-state index contributed by atoms with van der Waals surface area (Å²) in [4.78, 5) is 10.9. The van der Waals surface area contributed by atoms with Crippen molar-refractivity contribution < 1.29 is 18.7 Å². The highest BCUT2D eigenvalue weighted by atomic mass is 19.1. The first-order chi connectivity index (χ1) is 7.67. The van der Waals surface area contributed by atoms with E-state index in [1.54, 1.807) is 0 Å². The molecule has 5 heteroatoms. The number of ether oxygens (including phenoxy) is 2. The molecule has 1 aromatic carbocycles. The van der Waals surface area contributed by atoms with Crippen molar-refractivity contribution in [3.8, 4) is 5.75 Å². The molecule has 4 nitrogen and oxygen atoms in total. The van der Waals surface area contributed by atoms with Crippen LogP contribution in [0.25, 0.3) is 0 Å². The van der Waals surface area contributed by atoms with Crippen molar-refractivity contribution >= 4 is 5.97 Å². The number of hydrogen-bond donors (Lipinski definition) is 1. The Balaban J connectivity index is 2.73. The van der Waals surface area contributed by atoms with E-state index in [0.29, 0.717) is 24.3 Å². The average Bonchev–Trinajstić information content (AvgIpc) is 2.28. The van der Waals surface area contributed by atoms with E-state index in [2.05, 4.69) is 4.74 Å². The number of benzene rings is 1. The Hall–Kier alpha value is -1.62. The monoisotopic (exact) mass is 227 g/mol. The molecule has 1 rings (SSSR count). The van der Waals surface area contributed by atoms with E-state index >= 15 is 0 Å². The van der Waals surface area contributed by atoms with Crippen LogP contribution in [0.1, 0.15) is 5.56 Å². The van der Waals surface area contributed by atoms with Gasteiger partial charge in [0, 0.05) is 0 Å². The molecule has 0 spiro atoms. The number of hydrogen-bond acceptors (Lipinski definition) is 4. The van der Waals surface area contributed by atoms with Gasteiger partial charge >= 0.3 is 5.97 Å². The largest absolute Gasteiger partial charge is 0.482 e. The maximum Gasteiger partial charge on any atom is 0.343 e. The fourth-order valence-electron chi connectivity index (χ4n) is 1.24. The topological polar surface area (TPSA) is 61.5 Å². The highest BCUT2D eigenvalue weighted by Gasteiger charge is 2.07. The smallest absolute Gasteiger partial charge is 0.343 e. The third-order valence-corrected chi connectivity index (χ3v) is 2.01. The minimum Gasteiger partial charge on any atom is -0.482 e. The van der Waals surface area contributed by atoms with Crippen molar-refractivity contribution in [3.63, 3.8) is 0 Å². The van der Waals surface area contributed by atoms with Crippen molar-refractivity contribution in [2.75, 3.05) is 20.3 Å². The summed E-state index contributed by atoms with van der Waals surface area (Å²) < 4.78 is 22.6. The van der Waals surface area contributed by atoms with Crippen LogP contribution in [0.2, 0.25) is 0 Å². The van der Waals surface area contributed by atoms with E-state index < -0.39 is 5.97 Å². The van der Waals surface area contributed by atoms with Crippen LogP contribution in [-0.4, -0.2) is 26.2 Å². The number of methoxy groups -OCH3 is 1. The zero-order chi connectivity index (χ0) is 12.0. The van der Waals surface area contributed by atoms with Crippen molar-refractivity contribution in [2.24, 2.45) is 5.73 Å². The van der Waals surface area contributed by atoms with Gasteiger partial charge in [0.25, 0.3) is 0 Å². The maximum absolute atomic E-state index is 12.9. The van der Waals surface area contributed by atoms with Crippen LogP contribution in [0.4, 0.5) is 4.39 Å². The van der Waals surface area contributed by atoms with Gasteiger partial charge in [-0.15, -0.1) is 0 Å². The molecule has 0 heterocycles. The molecule has 0 aliphatic rings. The van der Waals surface area contributed by atoms with Crippen molar-refractivity contribution in [2.45, 2.75) is 6.42 Å². The molecule has 16 heavy (non-hydrogen) atoms. The van der Waals surface area contributed by atoms with E-state index in [0.717, 1.165) is 0 Å². The molecule has 1 aromatic rings. The predicted octanol–water partition coefficient (Wildman–Crippen LogP) is 0.879. The zero-order valence-electron chi connectivity index (χ0n) is 9.03. The molecule has 0 fully saturated rings. The van der Waals surface area contributed by atoms with Gasteiger partial charge in [0.2, 0.25) is 0 Å². The minimum absolute atomic E-state index is 0.195. The summed E-state index contributed by atoms with van der Waals surface area (Å²) in [6, 6.07) is 4.09. The van der Waals surface area contributed by atoms with Crippen molar-refractivity contribution in [1.82, 2.24) is 0 Å². The minimum atomic E-state index is -0.483. The van der Waals surface area contributed by atoms with Gasteiger partial charge in [-0.05, 0) is 36.7 Å². The van der Waals surface area contributed by atoms with Crippen molar-refractivity contribution in [1.29, 1.82) is 0 Å². The number of nitrogens with two attached hydrogens (primary N) is 1. The Morgan fingerprint density at radius 3 is 2.88 bits per heavy atom. The zero-order valence-corrected chi connectivity index (χ0v) is 9.03. The molecule has 0 aromatic heterocycles.